The maximum atomic E-state index is 13.1. The molecule has 0 aliphatic carbocycles. The molecule has 2 aromatic carbocycles. The van der Waals surface area contributed by atoms with E-state index < -0.39 is 0 Å². The zero-order valence-electron chi connectivity index (χ0n) is 15.1. The number of piperidine rings is 1. The summed E-state index contributed by atoms with van der Waals surface area (Å²) in [5, 5.41) is 0. The van der Waals surface area contributed by atoms with Crippen LogP contribution in [-0.4, -0.2) is 29.8 Å². The lowest BCUT2D eigenvalue weighted by Gasteiger charge is -2.33. The minimum Gasteiger partial charge on any atom is -0.456 e. The first-order valence-corrected chi connectivity index (χ1v) is 9.92. The molecule has 0 radical (unpaired) electrons. The number of benzene rings is 2. The molecule has 1 atom stereocenters. The molecule has 5 nitrogen and oxygen atoms in total. The summed E-state index contributed by atoms with van der Waals surface area (Å²) >= 11 is 3.43. The van der Waals surface area contributed by atoms with Gasteiger partial charge in [-0.15, -0.1) is 0 Å². The van der Waals surface area contributed by atoms with Crippen molar-refractivity contribution >= 4 is 27.7 Å². The molecule has 0 saturated carbocycles. The first-order chi connectivity index (χ1) is 13.0. The molecule has 1 fully saturated rings. The van der Waals surface area contributed by atoms with Gasteiger partial charge in [-0.1, -0.05) is 34.1 Å². The van der Waals surface area contributed by atoms with Crippen LogP contribution in [0.3, 0.4) is 0 Å². The number of carbonyl (C=O) groups is 2. The second kappa shape index (κ2) is 9.04. The van der Waals surface area contributed by atoms with Gasteiger partial charge in [-0.25, -0.2) is 0 Å². The lowest BCUT2D eigenvalue weighted by molar-refractivity contribution is -0.118. The predicted molar refractivity (Wildman–Crippen MR) is 108 cm³/mol. The molecule has 1 aliphatic heterocycles. The van der Waals surface area contributed by atoms with E-state index in [2.05, 4.69) is 15.9 Å². The first kappa shape index (κ1) is 19.4. The van der Waals surface area contributed by atoms with E-state index in [4.69, 9.17) is 10.5 Å². The number of hydrogen-bond acceptors (Lipinski definition) is 3. The monoisotopic (exact) mass is 430 g/mol. The summed E-state index contributed by atoms with van der Waals surface area (Å²) in [5.74, 6) is 1.20. The van der Waals surface area contributed by atoms with Gasteiger partial charge in [0, 0.05) is 24.0 Å². The molecule has 1 heterocycles. The van der Waals surface area contributed by atoms with Crippen LogP contribution in [0.15, 0.2) is 53.0 Å². The van der Waals surface area contributed by atoms with Crippen LogP contribution >= 0.6 is 15.9 Å². The molecule has 3 rings (SSSR count). The zero-order valence-corrected chi connectivity index (χ0v) is 16.7. The van der Waals surface area contributed by atoms with Crippen molar-refractivity contribution in [2.24, 2.45) is 11.7 Å². The molecular weight excluding hydrogens is 408 g/mol. The van der Waals surface area contributed by atoms with Crippen molar-refractivity contribution in [3.05, 3.63) is 58.6 Å². The summed E-state index contributed by atoms with van der Waals surface area (Å²) in [7, 11) is 0. The number of hydrogen-bond donors (Lipinski definition) is 1. The van der Waals surface area contributed by atoms with Gasteiger partial charge in [-0.2, -0.15) is 0 Å². The van der Waals surface area contributed by atoms with Gasteiger partial charge in [0.1, 0.15) is 11.5 Å². The highest BCUT2D eigenvalue weighted by atomic mass is 79.9. The zero-order chi connectivity index (χ0) is 19.2. The molecule has 0 bridgehead atoms. The summed E-state index contributed by atoms with van der Waals surface area (Å²) in [5.41, 5.74) is 5.81. The van der Waals surface area contributed by atoms with Gasteiger partial charge in [-0.05, 0) is 55.5 Å². The standard InChI is InChI=1S/C21H23BrN2O3/c22-16-6-3-7-17(13-16)27-19-9-2-1-8-18(19)21(26)24-12-4-5-15(14-24)10-11-20(23)25/h1-3,6-9,13,15H,4-5,10-12,14H2,(H2,23,25). The van der Waals surface area contributed by atoms with E-state index in [1.165, 1.54) is 0 Å². The molecule has 1 unspecified atom stereocenters. The topological polar surface area (TPSA) is 72.6 Å². The quantitative estimate of drug-likeness (QED) is 0.739. The maximum Gasteiger partial charge on any atom is 0.257 e. The van der Waals surface area contributed by atoms with E-state index in [0.717, 1.165) is 30.3 Å². The van der Waals surface area contributed by atoms with Crippen LogP contribution in [-0.2, 0) is 4.79 Å². The second-order valence-electron chi connectivity index (χ2n) is 6.82. The van der Waals surface area contributed by atoms with Gasteiger partial charge >= 0.3 is 0 Å². The molecule has 2 N–H and O–H groups in total. The minimum atomic E-state index is -0.286. The number of para-hydroxylation sites is 1. The summed E-state index contributed by atoms with van der Waals surface area (Å²) in [4.78, 5) is 26.0. The molecule has 2 aromatic rings. The third-order valence-electron chi connectivity index (χ3n) is 4.75. The summed E-state index contributed by atoms with van der Waals surface area (Å²) in [6, 6.07) is 14.8. The number of nitrogens with zero attached hydrogens (tertiary/aromatic N) is 1. The third kappa shape index (κ3) is 5.32. The number of amides is 2. The third-order valence-corrected chi connectivity index (χ3v) is 5.24. The average molecular weight is 431 g/mol. The van der Waals surface area contributed by atoms with E-state index in [1.54, 1.807) is 6.07 Å². The Bertz CT molecular complexity index is 825. The van der Waals surface area contributed by atoms with Gasteiger partial charge in [-0.3, -0.25) is 9.59 Å². The Morgan fingerprint density at radius 2 is 2.00 bits per heavy atom. The number of nitrogens with two attached hydrogens (primary N) is 1. The van der Waals surface area contributed by atoms with Crippen LogP contribution in [0, 0.1) is 5.92 Å². The fraction of sp³-hybridized carbons (Fsp3) is 0.333. The largest absolute Gasteiger partial charge is 0.456 e. The van der Waals surface area contributed by atoms with Crippen LogP contribution in [0.25, 0.3) is 0 Å². The number of likely N-dealkylation sites (tertiary alicyclic amines) is 1. The predicted octanol–water partition coefficient (Wildman–Crippen LogP) is 4.36. The number of rotatable bonds is 6. The summed E-state index contributed by atoms with van der Waals surface area (Å²) in [6.45, 7) is 1.37. The molecule has 0 aromatic heterocycles. The number of ether oxygens (including phenoxy) is 1. The van der Waals surface area contributed by atoms with E-state index in [9.17, 15) is 9.59 Å². The minimum absolute atomic E-state index is 0.0376. The Balaban J connectivity index is 1.73. The van der Waals surface area contributed by atoms with Crippen LogP contribution in [0.2, 0.25) is 0 Å². The van der Waals surface area contributed by atoms with Crippen LogP contribution in [0.5, 0.6) is 11.5 Å². The van der Waals surface area contributed by atoms with E-state index in [0.29, 0.717) is 35.9 Å². The maximum absolute atomic E-state index is 13.1. The van der Waals surface area contributed by atoms with Crippen molar-refractivity contribution in [1.82, 2.24) is 4.90 Å². The highest BCUT2D eigenvalue weighted by Gasteiger charge is 2.26. The van der Waals surface area contributed by atoms with Crippen molar-refractivity contribution in [2.45, 2.75) is 25.7 Å². The van der Waals surface area contributed by atoms with Gasteiger partial charge < -0.3 is 15.4 Å². The Labute approximate surface area is 167 Å². The van der Waals surface area contributed by atoms with Gasteiger partial charge in [0.25, 0.3) is 5.91 Å². The Morgan fingerprint density at radius 1 is 1.19 bits per heavy atom. The second-order valence-corrected chi connectivity index (χ2v) is 7.74. The Morgan fingerprint density at radius 3 is 2.78 bits per heavy atom. The first-order valence-electron chi connectivity index (χ1n) is 9.13. The Hall–Kier alpha value is -2.34. The molecule has 1 saturated heterocycles. The van der Waals surface area contributed by atoms with Crippen LogP contribution in [0.1, 0.15) is 36.0 Å². The molecule has 1 aliphatic rings. The van der Waals surface area contributed by atoms with E-state index >= 15 is 0 Å². The number of halogens is 1. The molecule has 0 spiro atoms. The molecular formula is C21H23BrN2O3. The van der Waals surface area contributed by atoms with Crippen molar-refractivity contribution in [2.75, 3.05) is 13.1 Å². The van der Waals surface area contributed by atoms with Crippen molar-refractivity contribution < 1.29 is 14.3 Å². The fourth-order valence-electron chi connectivity index (χ4n) is 3.39. The SMILES string of the molecule is NC(=O)CCC1CCCN(C(=O)c2ccccc2Oc2cccc(Br)c2)C1. The molecule has 2 amide bonds. The van der Waals surface area contributed by atoms with Crippen LogP contribution < -0.4 is 10.5 Å². The lowest BCUT2D eigenvalue weighted by Crippen LogP contribution is -2.40. The van der Waals surface area contributed by atoms with Crippen molar-refractivity contribution in [1.29, 1.82) is 0 Å². The van der Waals surface area contributed by atoms with E-state index in [-0.39, 0.29) is 11.8 Å². The summed E-state index contributed by atoms with van der Waals surface area (Å²) in [6.07, 6.45) is 3.06. The van der Waals surface area contributed by atoms with Gasteiger partial charge in [0.15, 0.2) is 0 Å². The molecule has 6 heteroatoms. The van der Waals surface area contributed by atoms with Crippen molar-refractivity contribution in [3.63, 3.8) is 0 Å². The number of carbonyl (C=O) groups excluding carboxylic acids is 2. The highest BCUT2D eigenvalue weighted by molar-refractivity contribution is 9.10. The molecule has 142 valence electrons. The molecule has 27 heavy (non-hydrogen) atoms. The fourth-order valence-corrected chi connectivity index (χ4v) is 3.77. The number of primary amides is 1. The lowest BCUT2D eigenvalue weighted by atomic mass is 9.93. The highest BCUT2D eigenvalue weighted by Crippen LogP contribution is 2.29. The normalized spacial score (nSPS) is 16.8. The smallest absolute Gasteiger partial charge is 0.257 e. The summed E-state index contributed by atoms with van der Waals surface area (Å²) < 4.78 is 6.88. The Kier molecular flexibility index (Phi) is 6.50. The van der Waals surface area contributed by atoms with Crippen molar-refractivity contribution in [3.8, 4) is 11.5 Å². The van der Waals surface area contributed by atoms with Gasteiger partial charge in [0.2, 0.25) is 5.91 Å². The van der Waals surface area contributed by atoms with E-state index in [1.807, 2.05) is 47.4 Å². The average Bonchev–Trinajstić information content (AvgIpc) is 2.66. The van der Waals surface area contributed by atoms with Gasteiger partial charge in [0.05, 0.1) is 5.56 Å². The van der Waals surface area contributed by atoms with Crippen LogP contribution in [0.4, 0.5) is 0 Å².